The van der Waals surface area contributed by atoms with Crippen molar-refractivity contribution in [3.63, 3.8) is 0 Å². The Morgan fingerprint density at radius 2 is 1.82 bits per heavy atom. The van der Waals surface area contributed by atoms with Gasteiger partial charge in [0.1, 0.15) is 11.6 Å². The molecule has 1 saturated heterocycles. The molecule has 1 fully saturated rings. The monoisotopic (exact) mass is 555 g/mol. The maximum absolute atomic E-state index is 12.3. The van der Waals surface area contributed by atoms with Crippen LogP contribution in [-0.4, -0.2) is 79.8 Å². The molecule has 2 aromatic carbocycles. The van der Waals surface area contributed by atoms with Crippen LogP contribution in [0, 0.1) is 17.2 Å². The number of hydrogen-bond acceptors (Lipinski definition) is 7. The summed E-state index contributed by atoms with van der Waals surface area (Å²) in [6.07, 6.45) is 2.64. The van der Waals surface area contributed by atoms with Crippen LogP contribution < -0.4 is 10.6 Å². The van der Waals surface area contributed by atoms with E-state index in [0.29, 0.717) is 0 Å². The molecule has 11 nitrogen and oxygen atoms in total. The smallest absolute Gasteiger partial charge is 0.346 e. The minimum atomic E-state index is -2.99. The van der Waals surface area contributed by atoms with Crippen molar-refractivity contribution in [1.29, 1.82) is 5.26 Å². The van der Waals surface area contributed by atoms with Gasteiger partial charge in [0, 0.05) is 19.1 Å². The summed E-state index contributed by atoms with van der Waals surface area (Å²) in [5.74, 6) is -2.52. The van der Waals surface area contributed by atoms with Gasteiger partial charge in [-0.2, -0.15) is 9.57 Å². The number of nitriles is 1. The number of nitrogens with one attached hydrogen (secondary N) is 2. The van der Waals surface area contributed by atoms with Crippen LogP contribution in [0.25, 0.3) is 10.8 Å². The van der Waals surface area contributed by atoms with E-state index in [2.05, 4.69) is 52.8 Å². The van der Waals surface area contributed by atoms with Gasteiger partial charge in [0.2, 0.25) is 22.7 Å². The molecule has 3 N–H and O–H groups in total. The topological polar surface area (TPSA) is 160 Å². The molecule has 0 radical (unpaired) electrons. The predicted molar refractivity (Wildman–Crippen MR) is 146 cm³/mol. The molecule has 0 saturated carbocycles. The molecule has 39 heavy (non-hydrogen) atoms. The number of aliphatic carboxylic acids is 1. The van der Waals surface area contributed by atoms with Crippen molar-refractivity contribution in [3.8, 4) is 6.07 Å². The number of likely N-dealkylation sites (tertiary alicyclic amines) is 1. The molecule has 1 heterocycles. The lowest BCUT2D eigenvalue weighted by Crippen LogP contribution is -2.44. The van der Waals surface area contributed by atoms with Crippen molar-refractivity contribution in [3.05, 3.63) is 59.7 Å². The Bertz CT molecular complexity index is 1330. The molecule has 208 valence electrons. The second-order valence-electron chi connectivity index (χ2n) is 9.42. The number of benzene rings is 2. The van der Waals surface area contributed by atoms with Gasteiger partial charge >= 0.3 is 5.97 Å². The molecule has 2 aromatic rings. The lowest BCUT2D eigenvalue weighted by Gasteiger charge is -2.37. The molecule has 1 aliphatic heterocycles. The third kappa shape index (κ3) is 8.61. The lowest BCUT2D eigenvalue weighted by molar-refractivity contribution is -0.132. The van der Waals surface area contributed by atoms with Crippen LogP contribution in [0.15, 0.2) is 54.1 Å². The van der Waals surface area contributed by atoms with E-state index in [1.165, 1.54) is 22.4 Å². The van der Waals surface area contributed by atoms with E-state index < -0.39 is 47.3 Å². The molecule has 1 unspecified atom stereocenters. The Balaban J connectivity index is 1.45. The van der Waals surface area contributed by atoms with E-state index in [9.17, 15) is 22.8 Å². The summed E-state index contributed by atoms with van der Waals surface area (Å²) in [5.41, 5.74) is 0.753. The molecular formula is C27H33N5O6S. The fraction of sp³-hybridized carbons (Fsp3) is 0.407. The number of carboxylic acid groups (broad SMARTS) is 1. The highest BCUT2D eigenvalue weighted by atomic mass is 32.2. The van der Waals surface area contributed by atoms with Gasteiger partial charge < -0.3 is 15.7 Å². The lowest BCUT2D eigenvalue weighted by atomic mass is 9.93. The number of nitrogens with zero attached hydrogens (tertiary/aromatic N) is 3. The van der Waals surface area contributed by atoms with Gasteiger partial charge in [-0.25, -0.2) is 13.2 Å². The average Bonchev–Trinajstić information content (AvgIpc) is 2.93. The highest BCUT2D eigenvalue weighted by Gasteiger charge is 2.27. The van der Waals surface area contributed by atoms with Crippen LogP contribution in [0.3, 0.4) is 0 Å². The quantitative estimate of drug-likeness (QED) is 0.173. The third-order valence-electron chi connectivity index (χ3n) is 6.90. The van der Waals surface area contributed by atoms with E-state index >= 15 is 0 Å². The largest absolute Gasteiger partial charge is 0.477 e. The van der Waals surface area contributed by atoms with Gasteiger partial charge in [0.15, 0.2) is 0 Å². The average molecular weight is 556 g/mol. The second-order valence-corrected chi connectivity index (χ2v) is 10.5. The van der Waals surface area contributed by atoms with Crippen molar-refractivity contribution in [2.45, 2.75) is 25.8 Å². The minimum Gasteiger partial charge on any atom is -0.477 e. The highest BCUT2D eigenvalue weighted by Crippen LogP contribution is 2.31. The summed E-state index contributed by atoms with van der Waals surface area (Å²) < 4.78 is 24.8. The molecular weight excluding hydrogens is 522 g/mol. The second kappa shape index (κ2) is 14.4. The molecule has 0 bridgehead atoms. The van der Waals surface area contributed by atoms with E-state index in [-0.39, 0.29) is 25.0 Å². The summed E-state index contributed by atoms with van der Waals surface area (Å²) in [7, 11) is -2.99. The zero-order valence-electron chi connectivity index (χ0n) is 21.7. The first-order valence-electron chi connectivity index (χ1n) is 12.7. The zero-order valence-corrected chi connectivity index (χ0v) is 22.6. The Labute approximate surface area is 229 Å². The minimum absolute atomic E-state index is 0.111. The third-order valence-corrected chi connectivity index (χ3v) is 7.67. The van der Waals surface area contributed by atoms with E-state index in [1.54, 1.807) is 0 Å². The van der Waals surface area contributed by atoms with Crippen molar-refractivity contribution >= 4 is 39.4 Å². The Kier molecular flexibility index (Phi) is 11.0. The molecule has 3 rings (SSSR count). The summed E-state index contributed by atoms with van der Waals surface area (Å²) >= 11 is 0. The molecule has 1 atom stereocenters. The fourth-order valence-electron chi connectivity index (χ4n) is 4.73. The number of carbonyl (C=O) groups excluding carboxylic acids is 2. The zero-order chi connectivity index (χ0) is 28.4. The number of carboxylic acids is 1. The van der Waals surface area contributed by atoms with Gasteiger partial charge in [0.25, 0.3) is 0 Å². The number of rotatable bonds is 12. The highest BCUT2D eigenvalue weighted by molar-refractivity contribution is 7.69. The van der Waals surface area contributed by atoms with E-state index in [1.807, 2.05) is 12.1 Å². The van der Waals surface area contributed by atoms with Crippen LogP contribution in [0.5, 0.6) is 0 Å². The van der Waals surface area contributed by atoms with Gasteiger partial charge in [-0.15, -0.1) is 0 Å². The van der Waals surface area contributed by atoms with Gasteiger partial charge in [-0.1, -0.05) is 42.5 Å². The first-order valence-corrected chi connectivity index (χ1v) is 13.8. The summed E-state index contributed by atoms with van der Waals surface area (Å²) in [5, 5.41) is 24.6. The van der Waals surface area contributed by atoms with Crippen LogP contribution in [0.4, 0.5) is 0 Å². The molecule has 0 aliphatic carbocycles. The van der Waals surface area contributed by atoms with Gasteiger partial charge in [0.05, 0.1) is 13.1 Å². The summed E-state index contributed by atoms with van der Waals surface area (Å²) in [4.78, 5) is 37.3. The maximum atomic E-state index is 12.3. The van der Waals surface area contributed by atoms with Gasteiger partial charge in [-0.05, 0) is 61.2 Å². The van der Waals surface area contributed by atoms with Crippen molar-refractivity contribution in [1.82, 2.24) is 19.8 Å². The predicted octanol–water partition coefficient (Wildman–Crippen LogP) is 1.21. The molecule has 12 heteroatoms. The van der Waals surface area contributed by atoms with Crippen LogP contribution in [0.2, 0.25) is 0 Å². The first kappa shape index (κ1) is 29.8. The first-order chi connectivity index (χ1) is 18.7. The fourth-order valence-corrected chi connectivity index (χ4v) is 5.34. The van der Waals surface area contributed by atoms with Crippen LogP contribution >= 0.6 is 0 Å². The molecule has 2 amide bonds. The summed E-state index contributed by atoms with van der Waals surface area (Å²) in [6.45, 7) is 3.05. The molecule has 1 aliphatic rings. The molecule has 0 spiro atoms. The van der Waals surface area contributed by atoms with Gasteiger partial charge in [-0.3, -0.25) is 14.5 Å². The molecule has 0 aromatic heterocycles. The normalized spacial score (nSPS) is 15.7. The van der Waals surface area contributed by atoms with E-state index in [0.717, 1.165) is 36.3 Å². The summed E-state index contributed by atoms with van der Waals surface area (Å²) in [6, 6.07) is 16.3. The Morgan fingerprint density at radius 1 is 1.13 bits per heavy atom. The van der Waals surface area contributed by atoms with Crippen molar-refractivity contribution < 1.29 is 27.9 Å². The number of hydrogen-bond donors (Lipinski definition) is 4. The maximum Gasteiger partial charge on any atom is 0.346 e. The van der Waals surface area contributed by atoms with Crippen LogP contribution in [0.1, 0.15) is 31.4 Å². The Hall–Kier alpha value is -3.79. The number of fused-ring (bicyclic) bond motifs is 1. The number of carbonyl (C=O) groups is 3. The Morgan fingerprint density at radius 3 is 2.49 bits per heavy atom. The van der Waals surface area contributed by atoms with Crippen molar-refractivity contribution in [2.24, 2.45) is 5.92 Å². The number of piperidine rings is 1. The van der Waals surface area contributed by atoms with Crippen LogP contribution in [-0.2, 0) is 25.3 Å². The standard InChI is InChI=1S/C27H33N5O6S/c1-19(23-8-4-6-21-5-2-3-7-24(21)23)31-13-10-20(11-14-31)17-32(39(37)38)18-26(34)30-16-25(33)29-12-9-22(15-28)27(35)36/h2-9,19-20,39H,10-14,16-18H2,1H3,(H,29,33)(H,30,34)(H,35,36)/b22-9+. The van der Waals surface area contributed by atoms with Crippen molar-refractivity contribution in [2.75, 3.05) is 39.3 Å². The number of thiol groups is 1. The SMILES string of the molecule is CC(c1cccc2ccccc12)N1CCC(CN(CC(=O)NCC(=O)NC/C=C(\C#N)C(=O)O)[SH](=O)=O)CC1. The van der Waals surface area contributed by atoms with E-state index in [4.69, 9.17) is 10.4 Å². The number of amides is 2.